The largest absolute Gasteiger partial charge is 0.391 e. The van der Waals surface area contributed by atoms with Crippen molar-refractivity contribution in [2.24, 2.45) is 0 Å². The number of anilines is 1. The van der Waals surface area contributed by atoms with E-state index in [-0.39, 0.29) is 12.4 Å². The summed E-state index contributed by atoms with van der Waals surface area (Å²) < 4.78 is 15.4. The molecular formula is C21H23ClFN3OS. The fourth-order valence-electron chi connectivity index (χ4n) is 3.72. The molecule has 3 aromatic rings. The Morgan fingerprint density at radius 1 is 1.14 bits per heavy atom. The van der Waals surface area contributed by atoms with Gasteiger partial charge < -0.3 is 15.7 Å². The summed E-state index contributed by atoms with van der Waals surface area (Å²) in [7, 11) is 0. The molecule has 2 aromatic heterocycles. The van der Waals surface area contributed by atoms with Crippen LogP contribution in [-0.4, -0.2) is 29.7 Å². The molecule has 1 saturated heterocycles. The molecular weight excluding hydrogens is 397 g/mol. The van der Waals surface area contributed by atoms with Gasteiger partial charge in [-0.15, -0.1) is 11.3 Å². The van der Waals surface area contributed by atoms with E-state index in [0.29, 0.717) is 16.1 Å². The Bertz CT molecular complexity index is 980. The van der Waals surface area contributed by atoms with Crippen molar-refractivity contribution in [2.45, 2.75) is 32.3 Å². The van der Waals surface area contributed by atoms with E-state index in [4.69, 9.17) is 11.6 Å². The maximum atomic E-state index is 14.6. The van der Waals surface area contributed by atoms with E-state index < -0.39 is 0 Å². The van der Waals surface area contributed by atoms with Gasteiger partial charge in [-0.05, 0) is 62.5 Å². The number of benzene rings is 1. The molecule has 0 aliphatic carbocycles. The van der Waals surface area contributed by atoms with Crippen molar-refractivity contribution in [3.8, 4) is 11.1 Å². The molecule has 1 aromatic carbocycles. The highest BCUT2D eigenvalue weighted by Gasteiger charge is 2.21. The Labute approximate surface area is 172 Å². The fourth-order valence-corrected chi connectivity index (χ4v) is 4.98. The monoisotopic (exact) mass is 419 g/mol. The quantitative estimate of drug-likeness (QED) is 0.548. The Kier molecular flexibility index (Phi) is 6.11. The molecule has 2 aliphatic rings. The minimum atomic E-state index is -0.374. The van der Waals surface area contributed by atoms with Crippen molar-refractivity contribution in [1.82, 2.24) is 10.3 Å². The van der Waals surface area contributed by atoms with Crippen LogP contribution in [0.15, 0.2) is 24.4 Å². The van der Waals surface area contributed by atoms with Crippen LogP contribution in [0, 0.1) is 5.82 Å². The summed E-state index contributed by atoms with van der Waals surface area (Å²) >= 11 is 7.63. The van der Waals surface area contributed by atoms with Crippen LogP contribution < -0.4 is 10.6 Å². The number of aliphatic hydroxyl groups excluding tert-OH is 1. The molecule has 0 saturated carbocycles. The summed E-state index contributed by atoms with van der Waals surface area (Å²) in [5, 5.41) is 16.6. The molecule has 2 aliphatic heterocycles. The molecule has 28 heavy (non-hydrogen) atoms. The van der Waals surface area contributed by atoms with Gasteiger partial charge in [0.05, 0.1) is 23.0 Å². The first-order chi connectivity index (χ1) is 13.7. The zero-order valence-corrected chi connectivity index (χ0v) is 17.1. The standard InChI is InChI=1S/C17H14ClFN2OS.C4H9N/c18-10-4-9-2-1-3-20-16(9)12(5-10)15-13(19)7-21-14-6-11(8-22)23-17(14)15;1-2-4-5-3-1/h4-7,20,22H,1-3,8H2;5H,1-4H2. The number of nitrogens with zero attached hydrogens (tertiary/aromatic N) is 1. The predicted octanol–water partition coefficient (Wildman–Crippen LogP) is 4.98. The van der Waals surface area contributed by atoms with Gasteiger partial charge in [0, 0.05) is 33.3 Å². The van der Waals surface area contributed by atoms with Gasteiger partial charge in [-0.3, -0.25) is 4.98 Å². The van der Waals surface area contributed by atoms with Crippen molar-refractivity contribution in [2.75, 3.05) is 25.0 Å². The molecule has 5 rings (SSSR count). The molecule has 7 heteroatoms. The van der Waals surface area contributed by atoms with Crippen LogP contribution in [0.2, 0.25) is 5.02 Å². The first-order valence-electron chi connectivity index (χ1n) is 9.62. The molecule has 4 nitrogen and oxygen atoms in total. The van der Waals surface area contributed by atoms with Crippen molar-refractivity contribution >= 4 is 38.8 Å². The van der Waals surface area contributed by atoms with E-state index in [9.17, 15) is 9.50 Å². The van der Waals surface area contributed by atoms with Crippen LogP contribution in [-0.2, 0) is 13.0 Å². The van der Waals surface area contributed by atoms with Gasteiger partial charge in [0.25, 0.3) is 0 Å². The number of aryl methyl sites for hydroxylation is 1. The second-order valence-corrected chi connectivity index (χ2v) is 8.61. The molecule has 1 fully saturated rings. The highest BCUT2D eigenvalue weighted by atomic mass is 35.5. The Balaban J connectivity index is 0.000000336. The number of nitrogens with one attached hydrogen (secondary N) is 2. The van der Waals surface area contributed by atoms with E-state index in [2.05, 4.69) is 15.6 Å². The smallest absolute Gasteiger partial charge is 0.150 e. The molecule has 0 bridgehead atoms. The zero-order chi connectivity index (χ0) is 19.5. The average Bonchev–Trinajstić information content (AvgIpc) is 3.40. The number of hydrogen-bond donors (Lipinski definition) is 3. The summed E-state index contributed by atoms with van der Waals surface area (Å²) in [4.78, 5) is 4.91. The number of pyridine rings is 1. The van der Waals surface area contributed by atoms with Crippen LogP contribution in [0.4, 0.5) is 10.1 Å². The van der Waals surface area contributed by atoms with Crippen LogP contribution >= 0.6 is 22.9 Å². The lowest BCUT2D eigenvalue weighted by Crippen LogP contribution is -2.13. The van der Waals surface area contributed by atoms with E-state index in [0.717, 1.165) is 45.8 Å². The van der Waals surface area contributed by atoms with Crippen LogP contribution in [0.5, 0.6) is 0 Å². The lowest BCUT2D eigenvalue weighted by atomic mass is 9.95. The minimum Gasteiger partial charge on any atom is -0.391 e. The van der Waals surface area contributed by atoms with Gasteiger partial charge in [-0.1, -0.05) is 11.6 Å². The third-order valence-electron chi connectivity index (χ3n) is 5.04. The first-order valence-corrected chi connectivity index (χ1v) is 10.8. The summed E-state index contributed by atoms with van der Waals surface area (Å²) in [6.45, 7) is 3.29. The lowest BCUT2D eigenvalue weighted by Gasteiger charge is -2.22. The molecule has 3 N–H and O–H groups in total. The Morgan fingerprint density at radius 2 is 1.96 bits per heavy atom. The summed E-state index contributed by atoms with van der Waals surface area (Å²) in [6, 6.07) is 5.54. The number of thiophene rings is 1. The minimum absolute atomic E-state index is 0.0754. The van der Waals surface area contributed by atoms with Gasteiger partial charge in [-0.2, -0.15) is 0 Å². The normalized spacial score (nSPS) is 15.7. The SMILES string of the molecule is C1CCNC1.OCc1cc2ncc(F)c(-c3cc(Cl)cc4c3NCCC4)c2s1. The summed E-state index contributed by atoms with van der Waals surface area (Å²) in [5.74, 6) is -0.374. The maximum Gasteiger partial charge on any atom is 0.150 e. The van der Waals surface area contributed by atoms with Crippen molar-refractivity contribution in [1.29, 1.82) is 0 Å². The number of fused-ring (bicyclic) bond motifs is 2. The number of aliphatic hydroxyl groups is 1. The molecule has 4 heterocycles. The average molecular weight is 420 g/mol. The van der Waals surface area contributed by atoms with Crippen molar-refractivity contribution in [3.63, 3.8) is 0 Å². The van der Waals surface area contributed by atoms with E-state index >= 15 is 0 Å². The van der Waals surface area contributed by atoms with Crippen LogP contribution in [0.3, 0.4) is 0 Å². The summed E-state index contributed by atoms with van der Waals surface area (Å²) in [5.41, 5.74) is 4.03. The topological polar surface area (TPSA) is 57.2 Å². The second-order valence-electron chi connectivity index (χ2n) is 7.04. The number of rotatable bonds is 2. The Hall–Kier alpha value is -1.73. The number of aromatic nitrogens is 1. The maximum absolute atomic E-state index is 14.6. The number of halogens is 2. The van der Waals surface area contributed by atoms with E-state index in [1.807, 2.05) is 6.07 Å². The molecule has 0 amide bonds. The molecule has 0 spiro atoms. The van der Waals surface area contributed by atoms with Gasteiger partial charge in [0.1, 0.15) is 0 Å². The second kappa shape index (κ2) is 8.74. The third kappa shape index (κ3) is 4.01. The third-order valence-corrected chi connectivity index (χ3v) is 6.38. The van der Waals surface area contributed by atoms with Gasteiger partial charge in [0.2, 0.25) is 0 Å². The highest BCUT2D eigenvalue weighted by Crippen LogP contribution is 2.42. The van der Waals surface area contributed by atoms with Gasteiger partial charge in [-0.25, -0.2) is 4.39 Å². The first kappa shape index (κ1) is 19.6. The summed E-state index contributed by atoms with van der Waals surface area (Å²) in [6.07, 6.45) is 5.98. The van der Waals surface area contributed by atoms with Crippen LogP contribution in [0.1, 0.15) is 29.7 Å². The molecule has 148 valence electrons. The van der Waals surface area contributed by atoms with E-state index in [1.165, 1.54) is 43.5 Å². The molecule has 0 atom stereocenters. The number of hydrogen-bond acceptors (Lipinski definition) is 5. The van der Waals surface area contributed by atoms with Crippen LogP contribution in [0.25, 0.3) is 21.3 Å². The predicted molar refractivity (Wildman–Crippen MR) is 115 cm³/mol. The molecule has 0 radical (unpaired) electrons. The van der Waals surface area contributed by atoms with Gasteiger partial charge >= 0.3 is 0 Å². The van der Waals surface area contributed by atoms with E-state index in [1.54, 1.807) is 12.1 Å². The van der Waals surface area contributed by atoms with Crippen molar-refractivity contribution < 1.29 is 9.50 Å². The molecule has 0 unspecified atom stereocenters. The Morgan fingerprint density at radius 3 is 2.68 bits per heavy atom. The highest BCUT2D eigenvalue weighted by molar-refractivity contribution is 7.19. The zero-order valence-electron chi connectivity index (χ0n) is 15.5. The fraction of sp³-hybridized carbons (Fsp3) is 0.381. The van der Waals surface area contributed by atoms with Crippen molar-refractivity contribution in [3.05, 3.63) is 45.7 Å². The van der Waals surface area contributed by atoms with Gasteiger partial charge in [0.15, 0.2) is 5.82 Å². The lowest BCUT2D eigenvalue weighted by molar-refractivity contribution is 0.285.